The molecule has 0 radical (unpaired) electrons. The molecule has 2 aromatic rings. The SMILES string of the molecule is Cc1ccc(NC(=O)CS[C@@H](C)C(=O)NCc2c(C)cc(C)[nH]c2=O)cc1. The highest BCUT2D eigenvalue weighted by molar-refractivity contribution is 8.01. The number of pyridine rings is 1. The second-order valence-corrected chi connectivity index (χ2v) is 7.86. The van der Waals surface area contributed by atoms with E-state index in [4.69, 9.17) is 0 Å². The number of carbonyl (C=O) groups excluding carboxylic acids is 2. The maximum Gasteiger partial charge on any atom is 0.253 e. The third-order valence-electron chi connectivity index (χ3n) is 4.10. The number of amides is 2. The molecule has 2 amide bonds. The highest BCUT2D eigenvalue weighted by Gasteiger charge is 2.16. The van der Waals surface area contributed by atoms with Gasteiger partial charge in [0.05, 0.1) is 11.0 Å². The first-order valence-corrected chi connectivity index (χ1v) is 9.76. The molecule has 6 nitrogen and oxygen atoms in total. The minimum atomic E-state index is -0.404. The van der Waals surface area contributed by atoms with Crippen LogP contribution in [0.5, 0.6) is 0 Å². The summed E-state index contributed by atoms with van der Waals surface area (Å²) in [6, 6.07) is 9.41. The molecule has 0 aliphatic heterocycles. The molecule has 0 aliphatic carbocycles. The normalized spacial score (nSPS) is 11.7. The lowest BCUT2D eigenvalue weighted by molar-refractivity contribution is -0.120. The fourth-order valence-electron chi connectivity index (χ4n) is 2.53. The minimum absolute atomic E-state index is 0.158. The van der Waals surface area contributed by atoms with Gasteiger partial charge in [-0.2, -0.15) is 0 Å². The van der Waals surface area contributed by atoms with Crippen molar-refractivity contribution >= 4 is 29.3 Å². The molecule has 1 aromatic heterocycles. The van der Waals surface area contributed by atoms with Crippen LogP contribution < -0.4 is 16.2 Å². The zero-order valence-corrected chi connectivity index (χ0v) is 16.8. The molecule has 144 valence electrons. The van der Waals surface area contributed by atoms with Crippen LogP contribution in [0.2, 0.25) is 0 Å². The van der Waals surface area contributed by atoms with Crippen LogP contribution in [0.25, 0.3) is 0 Å². The number of thioether (sulfide) groups is 1. The number of H-pyrrole nitrogens is 1. The van der Waals surface area contributed by atoms with E-state index in [1.54, 1.807) is 6.92 Å². The number of aryl methyl sites for hydroxylation is 3. The Morgan fingerprint density at radius 3 is 2.44 bits per heavy atom. The van der Waals surface area contributed by atoms with Gasteiger partial charge < -0.3 is 15.6 Å². The van der Waals surface area contributed by atoms with Crippen LogP contribution in [0.3, 0.4) is 0 Å². The molecular weight excluding hydrogens is 362 g/mol. The molecule has 0 aliphatic rings. The lowest BCUT2D eigenvalue weighted by Crippen LogP contribution is -2.33. The van der Waals surface area contributed by atoms with Crippen LogP contribution in [-0.2, 0) is 16.1 Å². The Kier molecular flexibility index (Phi) is 7.24. The summed E-state index contributed by atoms with van der Waals surface area (Å²) in [5, 5.41) is 5.17. The van der Waals surface area contributed by atoms with Crippen LogP contribution in [0.4, 0.5) is 5.69 Å². The van der Waals surface area contributed by atoms with E-state index < -0.39 is 5.25 Å². The van der Waals surface area contributed by atoms with E-state index in [-0.39, 0.29) is 29.7 Å². The summed E-state index contributed by atoms with van der Waals surface area (Å²) in [4.78, 5) is 39.0. The van der Waals surface area contributed by atoms with E-state index in [0.717, 1.165) is 22.5 Å². The lowest BCUT2D eigenvalue weighted by atomic mass is 10.1. The summed E-state index contributed by atoms with van der Waals surface area (Å²) in [6.45, 7) is 7.55. The Morgan fingerprint density at radius 2 is 1.81 bits per heavy atom. The van der Waals surface area contributed by atoms with Gasteiger partial charge in [0.1, 0.15) is 0 Å². The Labute approximate surface area is 163 Å². The molecule has 1 heterocycles. The lowest BCUT2D eigenvalue weighted by Gasteiger charge is -2.13. The van der Waals surface area contributed by atoms with E-state index in [0.29, 0.717) is 5.56 Å². The van der Waals surface area contributed by atoms with E-state index in [1.165, 1.54) is 11.8 Å². The fourth-order valence-corrected chi connectivity index (χ4v) is 3.24. The second-order valence-electron chi connectivity index (χ2n) is 6.53. The Balaban J connectivity index is 1.81. The quantitative estimate of drug-likeness (QED) is 0.681. The van der Waals surface area contributed by atoms with Crippen LogP contribution in [0.1, 0.15) is 29.3 Å². The van der Waals surface area contributed by atoms with Gasteiger partial charge in [0.2, 0.25) is 11.8 Å². The van der Waals surface area contributed by atoms with Gasteiger partial charge in [0.25, 0.3) is 5.56 Å². The van der Waals surface area contributed by atoms with Crippen molar-refractivity contribution in [3.8, 4) is 0 Å². The summed E-state index contributed by atoms with van der Waals surface area (Å²) in [5.74, 6) is -0.191. The molecule has 2 rings (SSSR count). The number of benzene rings is 1. The smallest absolute Gasteiger partial charge is 0.253 e. The van der Waals surface area contributed by atoms with Crippen molar-refractivity contribution in [2.45, 2.75) is 39.5 Å². The van der Waals surface area contributed by atoms with Gasteiger partial charge in [-0.3, -0.25) is 14.4 Å². The molecular formula is C20H25N3O3S. The first kappa shape index (κ1) is 20.8. The molecule has 1 aromatic carbocycles. The van der Waals surface area contributed by atoms with Crippen molar-refractivity contribution in [2.24, 2.45) is 0 Å². The highest BCUT2D eigenvalue weighted by Crippen LogP contribution is 2.13. The predicted molar refractivity (Wildman–Crippen MR) is 110 cm³/mol. The number of carbonyl (C=O) groups is 2. The molecule has 0 bridgehead atoms. The number of hydrogen-bond acceptors (Lipinski definition) is 4. The van der Waals surface area contributed by atoms with Crippen LogP contribution in [0.15, 0.2) is 35.1 Å². The number of aromatic amines is 1. The van der Waals surface area contributed by atoms with Crippen molar-refractivity contribution in [1.29, 1.82) is 0 Å². The summed E-state index contributed by atoms with van der Waals surface area (Å²) >= 11 is 1.25. The maximum absolute atomic E-state index is 12.2. The minimum Gasteiger partial charge on any atom is -0.351 e. The molecule has 27 heavy (non-hydrogen) atoms. The number of hydrogen-bond donors (Lipinski definition) is 3. The van der Waals surface area contributed by atoms with Gasteiger partial charge in [-0.05, 0) is 51.5 Å². The average Bonchev–Trinajstić information content (AvgIpc) is 2.60. The third-order valence-corrected chi connectivity index (χ3v) is 5.25. The van der Waals surface area contributed by atoms with E-state index >= 15 is 0 Å². The van der Waals surface area contributed by atoms with Crippen LogP contribution in [-0.4, -0.2) is 27.8 Å². The molecule has 7 heteroatoms. The first-order chi connectivity index (χ1) is 12.8. The van der Waals surface area contributed by atoms with Crippen molar-refractivity contribution < 1.29 is 9.59 Å². The number of aromatic nitrogens is 1. The molecule has 0 unspecified atom stereocenters. The standard InChI is InChI=1S/C20H25N3O3S/c1-12-5-7-16(8-6-12)23-18(24)11-27-15(4)19(25)21-10-17-13(2)9-14(3)22-20(17)26/h5-9,15H,10-11H2,1-4H3,(H,21,25)(H,22,26)(H,23,24)/t15-/m0/s1. The molecule has 1 atom stereocenters. The summed E-state index contributed by atoms with van der Waals surface area (Å²) in [6.07, 6.45) is 0. The molecule has 3 N–H and O–H groups in total. The number of anilines is 1. The monoisotopic (exact) mass is 387 g/mol. The summed E-state index contributed by atoms with van der Waals surface area (Å²) in [7, 11) is 0. The van der Waals surface area contributed by atoms with Gasteiger partial charge in [0, 0.05) is 23.5 Å². The Hall–Kier alpha value is -2.54. The van der Waals surface area contributed by atoms with Crippen LogP contribution >= 0.6 is 11.8 Å². The summed E-state index contributed by atoms with van der Waals surface area (Å²) in [5.41, 5.74) is 3.84. The zero-order valence-electron chi connectivity index (χ0n) is 16.0. The first-order valence-electron chi connectivity index (χ1n) is 8.71. The van der Waals surface area contributed by atoms with Crippen molar-refractivity contribution in [3.05, 3.63) is 63.1 Å². The molecule has 0 spiro atoms. The fraction of sp³-hybridized carbons (Fsp3) is 0.350. The number of nitrogens with one attached hydrogen (secondary N) is 3. The van der Waals surface area contributed by atoms with Crippen LogP contribution in [0, 0.1) is 20.8 Å². The van der Waals surface area contributed by atoms with Crippen molar-refractivity contribution in [1.82, 2.24) is 10.3 Å². The van der Waals surface area contributed by atoms with Gasteiger partial charge in [0.15, 0.2) is 0 Å². The van der Waals surface area contributed by atoms with E-state index in [2.05, 4.69) is 15.6 Å². The molecule has 0 saturated heterocycles. The van der Waals surface area contributed by atoms with E-state index in [9.17, 15) is 14.4 Å². The van der Waals surface area contributed by atoms with Gasteiger partial charge >= 0.3 is 0 Å². The summed E-state index contributed by atoms with van der Waals surface area (Å²) < 4.78 is 0. The van der Waals surface area contributed by atoms with Gasteiger partial charge in [-0.1, -0.05) is 17.7 Å². The van der Waals surface area contributed by atoms with Gasteiger partial charge in [-0.15, -0.1) is 11.8 Å². The Morgan fingerprint density at radius 1 is 1.15 bits per heavy atom. The second kappa shape index (κ2) is 9.41. The highest BCUT2D eigenvalue weighted by atomic mass is 32.2. The van der Waals surface area contributed by atoms with Crippen molar-refractivity contribution in [3.63, 3.8) is 0 Å². The Bertz CT molecular complexity index is 875. The van der Waals surface area contributed by atoms with E-state index in [1.807, 2.05) is 51.1 Å². The van der Waals surface area contributed by atoms with Gasteiger partial charge in [-0.25, -0.2) is 0 Å². The topological polar surface area (TPSA) is 91.1 Å². The predicted octanol–water partition coefficient (Wildman–Crippen LogP) is 2.68. The molecule has 0 saturated carbocycles. The number of rotatable bonds is 7. The third kappa shape index (κ3) is 6.29. The van der Waals surface area contributed by atoms with Crippen molar-refractivity contribution in [2.75, 3.05) is 11.1 Å². The molecule has 0 fully saturated rings. The average molecular weight is 388 g/mol. The maximum atomic E-state index is 12.2. The zero-order chi connectivity index (χ0) is 20.0. The largest absolute Gasteiger partial charge is 0.351 e.